The summed E-state index contributed by atoms with van der Waals surface area (Å²) in [7, 11) is 0.727. The van der Waals surface area contributed by atoms with Crippen molar-refractivity contribution in [1.29, 1.82) is 0 Å². The van der Waals surface area contributed by atoms with Crippen molar-refractivity contribution in [3.8, 4) is 5.75 Å². The van der Waals surface area contributed by atoms with Gasteiger partial charge in [-0.25, -0.2) is 0 Å². The normalized spacial score (nSPS) is 19.5. The topological polar surface area (TPSA) is 62.7 Å². The van der Waals surface area contributed by atoms with E-state index in [1.54, 1.807) is 7.05 Å². The van der Waals surface area contributed by atoms with Gasteiger partial charge in [0.05, 0.1) is 16.8 Å². The summed E-state index contributed by atoms with van der Waals surface area (Å²) in [5, 5.41) is 6.77. The van der Waals surface area contributed by atoms with E-state index in [1.165, 1.54) is 0 Å². The number of para-hydroxylation sites is 1. The van der Waals surface area contributed by atoms with Gasteiger partial charge < -0.3 is 15.4 Å². The van der Waals surface area contributed by atoms with Crippen LogP contribution < -0.4 is 15.4 Å². The predicted octanol–water partition coefficient (Wildman–Crippen LogP) is 3.26. The molecule has 2 N–H and O–H groups in total. The second-order valence-electron chi connectivity index (χ2n) is 7.16. The number of benzene rings is 2. The number of aliphatic imine (C=N–C) groups is 1. The fourth-order valence-electron chi connectivity index (χ4n) is 3.24. The Morgan fingerprint density at radius 3 is 2.63 bits per heavy atom. The van der Waals surface area contributed by atoms with Crippen LogP contribution in [0.5, 0.6) is 5.75 Å². The van der Waals surface area contributed by atoms with Gasteiger partial charge in [-0.1, -0.05) is 36.4 Å². The van der Waals surface area contributed by atoms with Crippen molar-refractivity contribution in [3.63, 3.8) is 0 Å². The van der Waals surface area contributed by atoms with E-state index in [-0.39, 0.29) is 11.6 Å². The van der Waals surface area contributed by atoms with Crippen LogP contribution in [0.15, 0.2) is 64.5 Å². The van der Waals surface area contributed by atoms with Gasteiger partial charge in [0.1, 0.15) is 11.4 Å². The van der Waals surface area contributed by atoms with Crippen LogP contribution >= 0.6 is 0 Å². The number of fused-ring (bicyclic) bond motifs is 1. The Hall–Kier alpha value is -2.34. The first-order chi connectivity index (χ1) is 13.0. The van der Waals surface area contributed by atoms with Crippen LogP contribution in [0.3, 0.4) is 0 Å². The average Bonchev–Trinajstić information content (AvgIpc) is 2.66. The lowest BCUT2D eigenvalue weighted by atomic mass is 9.90. The Morgan fingerprint density at radius 1 is 1.19 bits per heavy atom. The highest BCUT2D eigenvalue weighted by Crippen LogP contribution is 2.39. The van der Waals surface area contributed by atoms with Gasteiger partial charge in [0.2, 0.25) is 0 Å². The summed E-state index contributed by atoms with van der Waals surface area (Å²) in [6.45, 7) is 4.77. The molecule has 0 radical (unpaired) electrons. The van der Waals surface area contributed by atoms with Crippen LogP contribution in [0.1, 0.15) is 31.9 Å². The van der Waals surface area contributed by atoms with Crippen LogP contribution in [0.2, 0.25) is 0 Å². The van der Waals surface area contributed by atoms with Crippen molar-refractivity contribution in [2.75, 3.05) is 19.3 Å². The summed E-state index contributed by atoms with van der Waals surface area (Å²) in [4.78, 5) is 5.18. The van der Waals surface area contributed by atoms with Crippen LogP contribution in [-0.2, 0) is 10.8 Å². The molecule has 0 bridgehead atoms. The molecular formula is C21H27N3O2S. The second kappa shape index (κ2) is 8.57. The predicted molar refractivity (Wildman–Crippen MR) is 111 cm³/mol. The first-order valence-electron chi connectivity index (χ1n) is 9.17. The zero-order chi connectivity index (χ0) is 19.3. The van der Waals surface area contributed by atoms with Gasteiger partial charge >= 0.3 is 0 Å². The Kier molecular flexibility index (Phi) is 6.16. The largest absolute Gasteiger partial charge is 0.487 e. The van der Waals surface area contributed by atoms with Gasteiger partial charge in [0.15, 0.2) is 5.96 Å². The number of nitrogens with zero attached hydrogens (tertiary/aromatic N) is 1. The number of hydrogen-bond acceptors (Lipinski definition) is 3. The Morgan fingerprint density at radius 2 is 1.89 bits per heavy atom. The summed E-state index contributed by atoms with van der Waals surface area (Å²) >= 11 is 0. The third-order valence-corrected chi connectivity index (χ3v) is 5.87. The molecule has 0 aliphatic carbocycles. The summed E-state index contributed by atoms with van der Waals surface area (Å²) in [6.07, 6.45) is 0.834. The highest BCUT2D eigenvalue weighted by atomic mass is 32.2. The molecule has 6 heteroatoms. The molecule has 5 nitrogen and oxygen atoms in total. The summed E-state index contributed by atoms with van der Waals surface area (Å²) in [5.41, 5.74) is 0.882. The van der Waals surface area contributed by atoms with E-state index in [0.717, 1.165) is 22.6 Å². The van der Waals surface area contributed by atoms with E-state index in [9.17, 15) is 4.21 Å². The van der Waals surface area contributed by atoms with E-state index in [2.05, 4.69) is 35.5 Å². The number of ether oxygens (including phenoxy) is 1. The Balaban J connectivity index is 1.60. The van der Waals surface area contributed by atoms with Gasteiger partial charge in [-0.3, -0.25) is 9.20 Å². The highest BCUT2D eigenvalue weighted by molar-refractivity contribution is 7.85. The van der Waals surface area contributed by atoms with Crippen molar-refractivity contribution in [2.45, 2.75) is 36.8 Å². The molecule has 1 aliphatic heterocycles. The summed E-state index contributed by atoms with van der Waals surface area (Å²) in [6, 6.07) is 17.7. The molecule has 144 valence electrons. The standard InChI is InChI=1S/C21H27N3O2S/c1-21(2)15-18(17-11-7-8-12-19(17)26-21)24-20(22-3)23-13-14-27(25)16-9-5-4-6-10-16/h4-12,18H,13-15H2,1-3H3,(H2,22,23,24). The average molecular weight is 386 g/mol. The van der Waals surface area contributed by atoms with Gasteiger partial charge in [-0.15, -0.1) is 0 Å². The lowest BCUT2D eigenvalue weighted by molar-refractivity contribution is 0.0694. The minimum Gasteiger partial charge on any atom is -0.487 e. The number of nitrogens with one attached hydrogen (secondary N) is 2. The molecule has 0 amide bonds. The third-order valence-electron chi connectivity index (χ3n) is 4.50. The van der Waals surface area contributed by atoms with E-state index in [1.807, 2.05) is 48.5 Å². The zero-order valence-electron chi connectivity index (χ0n) is 16.1. The molecule has 0 saturated heterocycles. The molecule has 0 aromatic heterocycles. The molecule has 1 heterocycles. The Labute approximate surface area is 163 Å². The summed E-state index contributed by atoms with van der Waals surface area (Å²) in [5.74, 6) is 2.14. The molecule has 0 spiro atoms. The van der Waals surface area contributed by atoms with Crippen LogP contribution in [-0.4, -0.2) is 35.1 Å². The molecule has 2 unspecified atom stereocenters. The molecule has 3 rings (SSSR count). The maximum absolute atomic E-state index is 12.3. The van der Waals surface area contributed by atoms with Gasteiger partial charge in [-0.2, -0.15) is 0 Å². The van der Waals surface area contributed by atoms with Crippen molar-refractivity contribution in [1.82, 2.24) is 10.6 Å². The lowest BCUT2D eigenvalue weighted by Gasteiger charge is -2.38. The van der Waals surface area contributed by atoms with Gasteiger partial charge in [0, 0.05) is 36.2 Å². The fraction of sp³-hybridized carbons (Fsp3) is 0.381. The monoisotopic (exact) mass is 385 g/mol. The van der Waals surface area contributed by atoms with Crippen molar-refractivity contribution >= 4 is 16.8 Å². The zero-order valence-corrected chi connectivity index (χ0v) is 16.9. The number of guanidine groups is 1. The van der Waals surface area contributed by atoms with Crippen LogP contribution in [0.4, 0.5) is 0 Å². The minimum absolute atomic E-state index is 0.107. The van der Waals surface area contributed by atoms with E-state index < -0.39 is 10.8 Å². The molecular weight excluding hydrogens is 358 g/mol. The first-order valence-corrected chi connectivity index (χ1v) is 10.5. The molecule has 1 aliphatic rings. The fourth-order valence-corrected chi connectivity index (χ4v) is 4.23. The molecule has 2 atom stereocenters. The lowest BCUT2D eigenvalue weighted by Crippen LogP contribution is -2.46. The second-order valence-corrected chi connectivity index (χ2v) is 8.73. The third kappa shape index (κ3) is 5.10. The molecule has 2 aromatic rings. The van der Waals surface area contributed by atoms with Crippen molar-refractivity contribution in [2.24, 2.45) is 4.99 Å². The van der Waals surface area contributed by atoms with Crippen molar-refractivity contribution < 1.29 is 8.95 Å². The Bertz CT molecular complexity index is 821. The van der Waals surface area contributed by atoms with Gasteiger partial charge in [0.25, 0.3) is 0 Å². The number of hydrogen-bond donors (Lipinski definition) is 2. The molecule has 0 fully saturated rings. The van der Waals surface area contributed by atoms with Crippen molar-refractivity contribution in [3.05, 3.63) is 60.2 Å². The minimum atomic E-state index is -1.02. The molecule has 27 heavy (non-hydrogen) atoms. The number of rotatable bonds is 5. The smallest absolute Gasteiger partial charge is 0.191 e. The van der Waals surface area contributed by atoms with Gasteiger partial charge in [-0.05, 0) is 32.0 Å². The quantitative estimate of drug-likeness (QED) is 0.613. The van der Waals surface area contributed by atoms with E-state index in [0.29, 0.717) is 18.3 Å². The maximum atomic E-state index is 12.3. The summed E-state index contributed by atoms with van der Waals surface area (Å²) < 4.78 is 18.4. The highest BCUT2D eigenvalue weighted by Gasteiger charge is 2.33. The molecule has 2 aromatic carbocycles. The molecule has 0 saturated carbocycles. The van der Waals surface area contributed by atoms with Crippen LogP contribution in [0.25, 0.3) is 0 Å². The van der Waals surface area contributed by atoms with E-state index >= 15 is 0 Å². The SMILES string of the molecule is CN=C(NCCS(=O)c1ccccc1)NC1CC(C)(C)Oc2ccccc21. The maximum Gasteiger partial charge on any atom is 0.191 e. The van der Waals surface area contributed by atoms with E-state index in [4.69, 9.17) is 4.74 Å². The van der Waals surface area contributed by atoms with Crippen LogP contribution in [0, 0.1) is 0 Å². The first kappa shape index (κ1) is 19.4.